The molecule has 0 spiro atoms. The second-order valence-electron chi connectivity index (χ2n) is 8.12. The average Bonchev–Trinajstić information content (AvgIpc) is 3.22. The topological polar surface area (TPSA) is 79.7 Å². The van der Waals surface area contributed by atoms with E-state index in [1.807, 2.05) is 26.0 Å². The first-order valence-electron chi connectivity index (χ1n) is 10.6. The van der Waals surface area contributed by atoms with Gasteiger partial charge < -0.3 is 10.2 Å². The molecular weight excluding hydrogens is 398 g/mol. The fraction of sp³-hybridized carbons (Fsp3) is 0.435. The number of rotatable bonds is 9. The molecule has 162 valence electrons. The number of sulfonamides is 1. The number of amides is 1. The van der Waals surface area contributed by atoms with Crippen molar-refractivity contribution in [3.05, 3.63) is 64.7 Å². The minimum Gasteiger partial charge on any atom is -0.352 e. The van der Waals surface area contributed by atoms with Crippen molar-refractivity contribution in [3.8, 4) is 0 Å². The molecule has 0 saturated carbocycles. The van der Waals surface area contributed by atoms with E-state index in [9.17, 15) is 13.2 Å². The van der Waals surface area contributed by atoms with E-state index < -0.39 is 10.0 Å². The first-order chi connectivity index (χ1) is 14.3. The summed E-state index contributed by atoms with van der Waals surface area (Å²) in [6.07, 6.45) is 2.74. The molecule has 0 unspecified atom stereocenters. The fourth-order valence-electron chi connectivity index (χ4n) is 3.67. The number of hydrogen-bond donors (Lipinski definition) is 3. The van der Waals surface area contributed by atoms with E-state index >= 15 is 0 Å². The summed E-state index contributed by atoms with van der Waals surface area (Å²) in [5, 5.41) is 2.86. The van der Waals surface area contributed by atoms with Crippen LogP contribution in [0.15, 0.2) is 47.4 Å². The van der Waals surface area contributed by atoms with Crippen molar-refractivity contribution in [1.29, 1.82) is 0 Å². The van der Waals surface area contributed by atoms with Crippen molar-refractivity contribution >= 4 is 15.9 Å². The van der Waals surface area contributed by atoms with Crippen LogP contribution in [0.1, 0.15) is 41.5 Å². The van der Waals surface area contributed by atoms with Crippen molar-refractivity contribution < 1.29 is 18.1 Å². The largest absolute Gasteiger partial charge is 0.352 e. The maximum absolute atomic E-state index is 12.4. The molecule has 0 aromatic heterocycles. The van der Waals surface area contributed by atoms with Gasteiger partial charge in [0.25, 0.3) is 0 Å². The number of aryl methyl sites for hydroxylation is 2. The molecule has 0 bridgehead atoms. The Morgan fingerprint density at radius 3 is 2.30 bits per heavy atom. The van der Waals surface area contributed by atoms with Gasteiger partial charge in [0, 0.05) is 37.9 Å². The molecule has 30 heavy (non-hydrogen) atoms. The summed E-state index contributed by atoms with van der Waals surface area (Å²) in [5.74, 6) is -0.177. The van der Waals surface area contributed by atoms with Gasteiger partial charge in [0.05, 0.1) is 18.0 Å². The highest BCUT2D eigenvalue weighted by Gasteiger charge is 2.16. The van der Waals surface area contributed by atoms with Crippen LogP contribution in [0.4, 0.5) is 0 Å². The van der Waals surface area contributed by atoms with E-state index in [0.29, 0.717) is 6.54 Å². The van der Waals surface area contributed by atoms with Gasteiger partial charge in [-0.05, 0) is 42.7 Å². The maximum Gasteiger partial charge on any atom is 0.240 e. The lowest BCUT2D eigenvalue weighted by atomic mass is 10.1. The normalized spacial score (nSPS) is 14.7. The number of hydrogen-bond acceptors (Lipinski definition) is 3. The zero-order chi connectivity index (χ0) is 21.6. The van der Waals surface area contributed by atoms with Crippen LogP contribution < -0.4 is 14.9 Å². The Labute approximate surface area is 179 Å². The molecule has 3 N–H and O–H groups in total. The number of carbonyl (C=O) groups excluding carboxylic acids is 1. The second kappa shape index (κ2) is 10.2. The Bertz CT molecular complexity index is 966. The molecular formula is C23H32N3O3S+. The van der Waals surface area contributed by atoms with Gasteiger partial charge in [0.1, 0.15) is 6.54 Å². The predicted molar refractivity (Wildman–Crippen MR) is 118 cm³/mol. The standard InChI is InChI=1S/C23H31N3O3S/c1-18-5-10-22(15-19(18)2)30(28,29)25-12-11-23(27)24-16-20-6-8-21(9-7-20)17-26-13-3-4-14-26/h5-10,15,25H,3-4,11-14,16-17H2,1-2H3,(H,24,27)/p+1. The molecule has 0 aliphatic carbocycles. The molecule has 1 heterocycles. The molecule has 2 aromatic carbocycles. The van der Waals surface area contributed by atoms with E-state index in [1.165, 1.54) is 31.5 Å². The quantitative estimate of drug-likeness (QED) is 0.564. The van der Waals surface area contributed by atoms with E-state index in [2.05, 4.69) is 22.2 Å². The first-order valence-corrected chi connectivity index (χ1v) is 12.1. The first kappa shape index (κ1) is 22.5. The zero-order valence-electron chi connectivity index (χ0n) is 17.8. The minimum absolute atomic E-state index is 0.0681. The van der Waals surface area contributed by atoms with Gasteiger partial charge in [-0.15, -0.1) is 0 Å². The lowest BCUT2D eigenvalue weighted by Gasteiger charge is -2.12. The van der Waals surface area contributed by atoms with Gasteiger partial charge in [0.15, 0.2) is 0 Å². The number of nitrogens with one attached hydrogen (secondary N) is 3. The molecule has 1 fully saturated rings. The number of quaternary nitrogens is 1. The maximum atomic E-state index is 12.4. The number of benzene rings is 2. The van der Waals surface area contributed by atoms with Crippen molar-refractivity contribution in [2.24, 2.45) is 0 Å². The molecule has 3 rings (SSSR count). The molecule has 1 aliphatic heterocycles. The summed E-state index contributed by atoms with van der Waals surface area (Å²) in [5.41, 5.74) is 4.32. The Hall–Kier alpha value is -2.22. The van der Waals surface area contributed by atoms with Crippen LogP contribution in [0.3, 0.4) is 0 Å². The number of likely N-dealkylation sites (tertiary alicyclic amines) is 1. The molecule has 0 atom stereocenters. The summed E-state index contributed by atoms with van der Waals surface area (Å²) in [6.45, 7) is 7.90. The van der Waals surface area contributed by atoms with Gasteiger partial charge >= 0.3 is 0 Å². The molecule has 1 saturated heterocycles. The molecule has 6 nitrogen and oxygen atoms in total. The molecule has 1 amide bonds. The Kier molecular flexibility index (Phi) is 7.64. The summed E-state index contributed by atoms with van der Waals surface area (Å²) in [6, 6.07) is 13.4. The summed E-state index contributed by atoms with van der Waals surface area (Å²) in [7, 11) is -3.61. The van der Waals surface area contributed by atoms with E-state index in [1.54, 1.807) is 23.1 Å². The van der Waals surface area contributed by atoms with Crippen LogP contribution in [-0.2, 0) is 27.9 Å². The summed E-state index contributed by atoms with van der Waals surface area (Å²) in [4.78, 5) is 13.9. The third-order valence-electron chi connectivity index (χ3n) is 5.71. The van der Waals surface area contributed by atoms with Crippen LogP contribution in [0.2, 0.25) is 0 Å². The third kappa shape index (κ3) is 6.39. The highest BCUT2D eigenvalue weighted by molar-refractivity contribution is 7.89. The molecule has 2 aromatic rings. The average molecular weight is 431 g/mol. The Morgan fingerprint density at radius 1 is 0.967 bits per heavy atom. The van der Waals surface area contributed by atoms with E-state index in [0.717, 1.165) is 23.2 Å². The monoisotopic (exact) mass is 430 g/mol. The van der Waals surface area contributed by atoms with Gasteiger partial charge in [-0.3, -0.25) is 4.79 Å². The minimum atomic E-state index is -3.61. The Morgan fingerprint density at radius 2 is 1.63 bits per heavy atom. The van der Waals surface area contributed by atoms with Crippen molar-refractivity contribution in [2.45, 2.75) is 51.1 Å². The summed E-state index contributed by atoms with van der Waals surface area (Å²) < 4.78 is 27.2. The van der Waals surface area contributed by atoms with E-state index in [4.69, 9.17) is 0 Å². The van der Waals surface area contributed by atoms with Gasteiger partial charge in [-0.1, -0.05) is 30.3 Å². The molecule has 1 aliphatic rings. The van der Waals surface area contributed by atoms with E-state index in [-0.39, 0.29) is 23.8 Å². The second-order valence-corrected chi connectivity index (χ2v) is 9.89. The van der Waals surface area contributed by atoms with Crippen LogP contribution >= 0.6 is 0 Å². The lowest BCUT2D eigenvalue weighted by molar-refractivity contribution is -0.901. The van der Waals surface area contributed by atoms with Crippen LogP contribution in [-0.4, -0.2) is 34.0 Å². The Balaban J connectivity index is 1.40. The predicted octanol–water partition coefficient (Wildman–Crippen LogP) is 1.47. The summed E-state index contributed by atoms with van der Waals surface area (Å²) >= 11 is 0. The molecule has 0 radical (unpaired) electrons. The zero-order valence-corrected chi connectivity index (χ0v) is 18.6. The third-order valence-corrected chi connectivity index (χ3v) is 7.17. The lowest BCUT2D eigenvalue weighted by Crippen LogP contribution is -3.08. The van der Waals surface area contributed by atoms with Crippen molar-refractivity contribution in [3.63, 3.8) is 0 Å². The van der Waals surface area contributed by atoms with Gasteiger partial charge in [-0.25, -0.2) is 13.1 Å². The molecule has 7 heteroatoms. The van der Waals surface area contributed by atoms with Crippen molar-refractivity contribution in [2.75, 3.05) is 19.6 Å². The fourth-order valence-corrected chi connectivity index (χ4v) is 4.78. The van der Waals surface area contributed by atoms with Crippen molar-refractivity contribution in [1.82, 2.24) is 10.0 Å². The highest BCUT2D eigenvalue weighted by Crippen LogP contribution is 2.14. The smallest absolute Gasteiger partial charge is 0.240 e. The van der Waals surface area contributed by atoms with Gasteiger partial charge in [-0.2, -0.15) is 0 Å². The van der Waals surface area contributed by atoms with Crippen LogP contribution in [0.5, 0.6) is 0 Å². The van der Waals surface area contributed by atoms with Crippen LogP contribution in [0.25, 0.3) is 0 Å². The van der Waals surface area contributed by atoms with Crippen LogP contribution in [0, 0.1) is 13.8 Å². The highest BCUT2D eigenvalue weighted by atomic mass is 32.2. The van der Waals surface area contributed by atoms with Gasteiger partial charge in [0.2, 0.25) is 15.9 Å². The number of carbonyl (C=O) groups is 1. The SMILES string of the molecule is Cc1ccc(S(=O)(=O)NCCC(=O)NCc2ccc(C[NH+]3CCCC3)cc2)cc1C.